The molecule has 3 aromatic rings. The Balaban J connectivity index is 1.86. The quantitative estimate of drug-likeness (QED) is 0.566. The van der Waals surface area contributed by atoms with E-state index in [0.717, 1.165) is 5.56 Å². The number of carbonyl (C=O) groups excluding carboxylic acids is 2. The van der Waals surface area contributed by atoms with E-state index in [1.54, 1.807) is 37.4 Å². The molecule has 118 valence electrons. The minimum atomic E-state index is -0.321. The maximum atomic E-state index is 12.6. The van der Waals surface area contributed by atoms with E-state index < -0.39 is 0 Å². The van der Waals surface area contributed by atoms with Crippen molar-refractivity contribution in [1.82, 2.24) is 4.98 Å². The van der Waals surface area contributed by atoms with Gasteiger partial charge in [-0.15, -0.1) is 0 Å². The van der Waals surface area contributed by atoms with Crippen LogP contribution < -0.4 is 4.74 Å². The zero-order valence-electron chi connectivity index (χ0n) is 13.1. The third-order valence-electron chi connectivity index (χ3n) is 4.12. The van der Waals surface area contributed by atoms with E-state index in [1.165, 1.54) is 0 Å². The molecule has 5 heteroatoms. The summed E-state index contributed by atoms with van der Waals surface area (Å²) in [4.78, 5) is 29.4. The highest BCUT2D eigenvalue weighted by molar-refractivity contribution is 6.26. The minimum Gasteiger partial charge on any atom is -0.496 e. The van der Waals surface area contributed by atoms with Crippen LogP contribution in [0.15, 0.2) is 46.9 Å². The standard InChI is InChI=1S/C19H13NO4/c1-10-7-8-11(9-14(10)23-2)19-20-15-16(21)12-5-3-4-6-13(12)17(22)18(15)24-19/h3-9H,1-2H3. The molecule has 2 aromatic carbocycles. The summed E-state index contributed by atoms with van der Waals surface area (Å²) in [5.41, 5.74) is 2.39. The first-order chi connectivity index (χ1) is 11.6. The zero-order chi connectivity index (χ0) is 16.8. The van der Waals surface area contributed by atoms with Crippen molar-refractivity contribution < 1.29 is 18.7 Å². The van der Waals surface area contributed by atoms with Crippen LogP contribution in [0.4, 0.5) is 0 Å². The van der Waals surface area contributed by atoms with Crippen LogP contribution in [0.1, 0.15) is 37.7 Å². The number of methoxy groups -OCH3 is 1. The van der Waals surface area contributed by atoms with Gasteiger partial charge in [-0.25, -0.2) is 4.98 Å². The lowest BCUT2D eigenvalue weighted by atomic mass is 9.91. The second-order valence-corrected chi connectivity index (χ2v) is 5.58. The summed E-state index contributed by atoms with van der Waals surface area (Å²) in [6.07, 6.45) is 0. The van der Waals surface area contributed by atoms with Crippen LogP contribution in [0.2, 0.25) is 0 Å². The highest BCUT2D eigenvalue weighted by Crippen LogP contribution is 2.32. The average molecular weight is 319 g/mol. The van der Waals surface area contributed by atoms with Crippen molar-refractivity contribution >= 4 is 11.6 Å². The Labute approximate surface area is 137 Å². The third-order valence-corrected chi connectivity index (χ3v) is 4.12. The van der Waals surface area contributed by atoms with Crippen molar-refractivity contribution in [2.75, 3.05) is 7.11 Å². The second-order valence-electron chi connectivity index (χ2n) is 5.58. The number of rotatable bonds is 2. The number of nitrogens with zero attached hydrogens (tertiary/aromatic N) is 1. The van der Waals surface area contributed by atoms with Crippen molar-refractivity contribution in [1.29, 1.82) is 0 Å². The van der Waals surface area contributed by atoms with Crippen molar-refractivity contribution in [3.8, 4) is 17.2 Å². The molecule has 0 radical (unpaired) electrons. The summed E-state index contributed by atoms with van der Waals surface area (Å²) in [5.74, 6) is 0.290. The lowest BCUT2D eigenvalue weighted by Crippen LogP contribution is -2.19. The molecule has 0 bridgehead atoms. The van der Waals surface area contributed by atoms with Gasteiger partial charge in [-0.1, -0.05) is 30.3 Å². The molecule has 0 fully saturated rings. The summed E-state index contributed by atoms with van der Waals surface area (Å²) in [6.45, 7) is 1.92. The van der Waals surface area contributed by atoms with Gasteiger partial charge >= 0.3 is 0 Å². The molecular formula is C19H13NO4. The van der Waals surface area contributed by atoms with Gasteiger partial charge in [-0.05, 0) is 24.6 Å². The SMILES string of the molecule is COc1cc(-c2nc3c(o2)C(=O)c2ccccc2C3=O)ccc1C. The van der Waals surface area contributed by atoms with Crippen molar-refractivity contribution in [3.63, 3.8) is 0 Å². The summed E-state index contributed by atoms with van der Waals surface area (Å²) < 4.78 is 10.9. The van der Waals surface area contributed by atoms with E-state index in [2.05, 4.69) is 4.98 Å². The number of hydrogen-bond acceptors (Lipinski definition) is 5. The molecule has 1 aliphatic carbocycles. The molecule has 0 aliphatic heterocycles. The zero-order valence-corrected chi connectivity index (χ0v) is 13.1. The molecule has 0 saturated heterocycles. The van der Waals surface area contributed by atoms with Gasteiger partial charge in [0.05, 0.1) is 7.11 Å². The predicted molar refractivity (Wildman–Crippen MR) is 86.5 cm³/mol. The van der Waals surface area contributed by atoms with Gasteiger partial charge in [0.25, 0.3) is 0 Å². The summed E-state index contributed by atoms with van der Waals surface area (Å²) >= 11 is 0. The molecular weight excluding hydrogens is 306 g/mol. The number of ketones is 2. The Bertz CT molecular complexity index is 948. The van der Waals surface area contributed by atoms with Crippen LogP contribution >= 0.6 is 0 Å². The highest BCUT2D eigenvalue weighted by Gasteiger charge is 2.35. The molecule has 4 rings (SSSR count). The number of aromatic nitrogens is 1. The van der Waals surface area contributed by atoms with Gasteiger partial charge in [-0.2, -0.15) is 0 Å². The van der Waals surface area contributed by atoms with Crippen LogP contribution in [0.25, 0.3) is 11.5 Å². The Morgan fingerprint density at radius 3 is 2.42 bits per heavy atom. The van der Waals surface area contributed by atoms with Gasteiger partial charge in [-0.3, -0.25) is 9.59 Å². The molecule has 1 aliphatic rings. The molecule has 0 saturated carbocycles. The normalized spacial score (nSPS) is 12.8. The van der Waals surface area contributed by atoms with Crippen LogP contribution in [0, 0.1) is 6.92 Å². The van der Waals surface area contributed by atoms with Crippen molar-refractivity contribution in [3.05, 3.63) is 70.6 Å². The number of aryl methyl sites for hydroxylation is 1. The summed E-state index contributed by atoms with van der Waals surface area (Å²) in [5, 5.41) is 0. The van der Waals surface area contributed by atoms with Gasteiger partial charge in [0, 0.05) is 16.7 Å². The number of oxazole rings is 1. The average Bonchev–Trinajstić information content (AvgIpc) is 3.06. The summed E-state index contributed by atoms with van der Waals surface area (Å²) in [6, 6.07) is 12.1. The minimum absolute atomic E-state index is 0.00626. The predicted octanol–water partition coefficient (Wildman–Crippen LogP) is 3.43. The fourth-order valence-electron chi connectivity index (χ4n) is 2.83. The molecule has 0 N–H and O–H groups in total. The fraction of sp³-hybridized carbons (Fsp3) is 0.105. The first-order valence-corrected chi connectivity index (χ1v) is 7.44. The van der Waals surface area contributed by atoms with Gasteiger partial charge in [0.2, 0.25) is 23.2 Å². The van der Waals surface area contributed by atoms with E-state index in [0.29, 0.717) is 22.4 Å². The van der Waals surface area contributed by atoms with E-state index in [9.17, 15) is 9.59 Å². The molecule has 0 unspecified atom stereocenters. The Morgan fingerprint density at radius 2 is 1.71 bits per heavy atom. The third kappa shape index (κ3) is 1.98. The monoisotopic (exact) mass is 319 g/mol. The van der Waals surface area contributed by atoms with Gasteiger partial charge in [0.1, 0.15) is 5.75 Å². The lowest BCUT2D eigenvalue weighted by Gasteiger charge is -2.10. The fourth-order valence-corrected chi connectivity index (χ4v) is 2.83. The number of benzene rings is 2. The molecule has 0 atom stereocenters. The molecule has 0 spiro atoms. The number of fused-ring (bicyclic) bond motifs is 2. The highest BCUT2D eigenvalue weighted by atomic mass is 16.5. The maximum absolute atomic E-state index is 12.6. The number of hydrogen-bond donors (Lipinski definition) is 0. The molecule has 5 nitrogen and oxygen atoms in total. The van der Waals surface area contributed by atoms with E-state index in [1.807, 2.05) is 19.1 Å². The van der Waals surface area contributed by atoms with Crippen LogP contribution in [0.5, 0.6) is 5.75 Å². The number of ether oxygens (including phenoxy) is 1. The van der Waals surface area contributed by atoms with Gasteiger partial charge in [0.15, 0.2) is 5.69 Å². The second kappa shape index (κ2) is 5.16. The topological polar surface area (TPSA) is 69.4 Å². The van der Waals surface area contributed by atoms with E-state index >= 15 is 0 Å². The van der Waals surface area contributed by atoms with E-state index in [4.69, 9.17) is 9.15 Å². The molecule has 1 heterocycles. The van der Waals surface area contributed by atoms with Crippen molar-refractivity contribution in [2.24, 2.45) is 0 Å². The smallest absolute Gasteiger partial charge is 0.231 e. The maximum Gasteiger partial charge on any atom is 0.231 e. The van der Waals surface area contributed by atoms with Gasteiger partial charge < -0.3 is 9.15 Å². The Kier molecular flexibility index (Phi) is 3.09. The van der Waals surface area contributed by atoms with Crippen LogP contribution in [0.3, 0.4) is 0 Å². The first kappa shape index (κ1) is 14.4. The Hall–Kier alpha value is -3.21. The molecule has 0 amide bonds. The Morgan fingerprint density at radius 1 is 1.00 bits per heavy atom. The lowest BCUT2D eigenvalue weighted by molar-refractivity contribution is 0.0959. The molecule has 24 heavy (non-hydrogen) atoms. The van der Waals surface area contributed by atoms with Crippen molar-refractivity contribution in [2.45, 2.75) is 6.92 Å². The largest absolute Gasteiger partial charge is 0.496 e. The first-order valence-electron chi connectivity index (χ1n) is 7.44. The van der Waals surface area contributed by atoms with Crippen LogP contribution in [-0.2, 0) is 0 Å². The van der Waals surface area contributed by atoms with E-state index in [-0.39, 0.29) is 28.9 Å². The summed E-state index contributed by atoms with van der Waals surface area (Å²) in [7, 11) is 1.58. The number of carbonyl (C=O) groups is 2. The molecule has 1 aromatic heterocycles. The van der Waals surface area contributed by atoms with Crippen LogP contribution in [-0.4, -0.2) is 23.7 Å².